The van der Waals surface area contributed by atoms with Crippen LogP contribution < -0.4 is 5.73 Å². The van der Waals surface area contributed by atoms with Crippen LogP contribution in [0.25, 0.3) is 0 Å². The third kappa shape index (κ3) is 31.3. The number of nitrogens with two attached hydrogens (primary N) is 1. The van der Waals surface area contributed by atoms with Crippen molar-refractivity contribution in [2.45, 2.75) is 27.2 Å². The molecule has 0 radical (unpaired) electrons. The van der Waals surface area contributed by atoms with Gasteiger partial charge in [-0.25, -0.2) is 0 Å². The van der Waals surface area contributed by atoms with E-state index in [1.807, 2.05) is 13.8 Å². The third-order valence-corrected chi connectivity index (χ3v) is 1.62. The first-order valence-corrected chi connectivity index (χ1v) is 5.80. The number of carbonyl (C=O) groups is 3. The van der Waals surface area contributed by atoms with Gasteiger partial charge in [0, 0.05) is 19.5 Å². The Bertz CT molecular complexity index is 229. The summed E-state index contributed by atoms with van der Waals surface area (Å²) in [5.74, 6) is -0.745. The molecule has 0 aromatic heterocycles. The number of carboxylic acid groups (broad SMARTS) is 1. The van der Waals surface area contributed by atoms with Gasteiger partial charge in [0.15, 0.2) is 0 Å². The van der Waals surface area contributed by atoms with Gasteiger partial charge < -0.3 is 15.7 Å². The van der Waals surface area contributed by atoms with E-state index < -0.39 is 11.2 Å². The van der Waals surface area contributed by atoms with Gasteiger partial charge in [0.1, 0.15) is 0 Å². The minimum absolute atomic E-state index is 0.144. The second-order valence-electron chi connectivity index (χ2n) is 2.54. The van der Waals surface area contributed by atoms with Gasteiger partial charge in [-0.2, -0.15) is 0 Å². The summed E-state index contributed by atoms with van der Waals surface area (Å²) in [6, 6.07) is 0. The largest absolute Gasteiger partial charge is 0.481 e. The molecule has 0 aliphatic rings. The lowest BCUT2D eigenvalue weighted by Gasteiger charge is -2.13. The Hall–Kier alpha value is -0.890. The van der Waals surface area contributed by atoms with Crippen LogP contribution in [0.15, 0.2) is 0 Å². The summed E-state index contributed by atoms with van der Waals surface area (Å²) >= 11 is 6.75. The van der Waals surface area contributed by atoms with Gasteiger partial charge in [0.2, 0.25) is 0 Å². The molecular formula is C9H20N2O4S2. The molecule has 6 nitrogen and oxygen atoms in total. The van der Waals surface area contributed by atoms with Crippen LogP contribution in [0, 0.1) is 0 Å². The predicted molar refractivity (Wildman–Crippen MR) is 73.8 cm³/mol. The van der Waals surface area contributed by atoms with Gasteiger partial charge in [-0.1, -0.05) is 32.2 Å². The Balaban J connectivity index is -0.000000188. The molecule has 0 saturated carbocycles. The van der Waals surface area contributed by atoms with Crippen molar-refractivity contribution >= 4 is 41.7 Å². The summed E-state index contributed by atoms with van der Waals surface area (Å²) in [4.78, 5) is 30.5. The molecule has 17 heavy (non-hydrogen) atoms. The highest BCUT2D eigenvalue weighted by Crippen LogP contribution is 1.92. The van der Waals surface area contributed by atoms with Crippen molar-refractivity contribution in [3.63, 3.8) is 0 Å². The lowest BCUT2D eigenvalue weighted by Crippen LogP contribution is -2.24. The van der Waals surface area contributed by atoms with Gasteiger partial charge >= 0.3 is 5.97 Å². The van der Waals surface area contributed by atoms with Gasteiger partial charge in [-0.3, -0.25) is 14.4 Å². The van der Waals surface area contributed by atoms with Crippen LogP contribution in [0.5, 0.6) is 0 Å². The van der Waals surface area contributed by atoms with E-state index in [0.29, 0.717) is 0 Å². The number of amides is 2. The summed E-state index contributed by atoms with van der Waals surface area (Å²) < 4.78 is 0. The Morgan fingerprint density at radius 3 is 1.35 bits per heavy atom. The Labute approximate surface area is 112 Å². The first kappa shape index (κ1) is 21.4. The minimum Gasteiger partial charge on any atom is -0.481 e. The van der Waals surface area contributed by atoms with E-state index in [-0.39, 0.29) is 11.7 Å². The number of primary amides is 1. The van der Waals surface area contributed by atoms with Gasteiger partial charge in [0.05, 0.1) is 0 Å². The van der Waals surface area contributed by atoms with Gasteiger partial charge in [0.25, 0.3) is 10.5 Å². The smallest absolute Gasteiger partial charge is 0.303 e. The molecule has 0 heterocycles. The van der Waals surface area contributed by atoms with Crippen LogP contribution in [0.1, 0.15) is 27.2 Å². The van der Waals surface area contributed by atoms with Crippen molar-refractivity contribution in [2.24, 2.45) is 5.73 Å². The van der Waals surface area contributed by atoms with E-state index in [1.165, 1.54) is 0 Å². The molecule has 2 amide bonds. The van der Waals surface area contributed by atoms with Crippen molar-refractivity contribution < 1.29 is 19.5 Å². The van der Waals surface area contributed by atoms with E-state index in [0.717, 1.165) is 13.1 Å². The molecule has 102 valence electrons. The lowest BCUT2D eigenvalue weighted by atomic mass is 10.5. The highest BCUT2D eigenvalue weighted by Gasteiger charge is 2.00. The van der Waals surface area contributed by atoms with E-state index >= 15 is 0 Å². The van der Waals surface area contributed by atoms with E-state index in [2.05, 4.69) is 31.0 Å². The highest BCUT2D eigenvalue weighted by molar-refractivity contribution is 7.96. The molecule has 0 aromatic carbocycles. The summed E-state index contributed by atoms with van der Waals surface area (Å²) in [6.07, 6.45) is 0.222. The molecule has 0 saturated heterocycles. The molecular weight excluding hydrogens is 264 g/mol. The van der Waals surface area contributed by atoms with E-state index in [1.54, 1.807) is 11.8 Å². The summed E-state index contributed by atoms with van der Waals surface area (Å²) in [6.45, 7) is 6.95. The summed E-state index contributed by atoms with van der Waals surface area (Å²) in [7, 11) is 0. The molecule has 0 aliphatic heterocycles. The maximum Gasteiger partial charge on any atom is 0.303 e. The van der Waals surface area contributed by atoms with Crippen LogP contribution in [-0.2, 0) is 4.79 Å². The zero-order valence-corrected chi connectivity index (χ0v) is 12.0. The van der Waals surface area contributed by atoms with Crippen LogP contribution in [-0.4, -0.2) is 39.5 Å². The lowest BCUT2D eigenvalue weighted by molar-refractivity contribution is -0.136. The monoisotopic (exact) mass is 284 g/mol. The normalized spacial score (nSPS) is 7.82. The zero-order valence-electron chi connectivity index (χ0n) is 10.2. The second-order valence-corrected chi connectivity index (χ2v) is 3.36. The van der Waals surface area contributed by atoms with Crippen molar-refractivity contribution in [1.29, 1.82) is 0 Å². The van der Waals surface area contributed by atoms with Gasteiger partial charge in [-0.15, -0.1) is 0 Å². The number of hydrogen-bond donors (Lipinski definition) is 4. The Morgan fingerprint density at radius 2 is 1.35 bits per heavy atom. The average molecular weight is 284 g/mol. The molecule has 8 heteroatoms. The molecule has 3 N–H and O–H groups in total. The molecule has 0 unspecified atom stereocenters. The molecule has 0 rings (SSSR count). The summed E-state index contributed by atoms with van der Waals surface area (Å²) in [5.41, 5.74) is 4.34. The van der Waals surface area contributed by atoms with E-state index in [4.69, 9.17) is 9.90 Å². The topological polar surface area (TPSA) is 101 Å². The third-order valence-electron chi connectivity index (χ3n) is 1.34. The maximum absolute atomic E-state index is 10.4. The number of nitrogens with zero attached hydrogens (tertiary/aromatic N) is 1. The number of carboxylic acids is 1. The van der Waals surface area contributed by atoms with Crippen molar-refractivity contribution in [2.75, 3.05) is 13.1 Å². The Morgan fingerprint density at radius 1 is 1.12 bits per heavy atom. The second kappa shape index (κ2) is 15.1. The predicted octanol–water partition coefficient (Wildman–Crippen LogP) is 1.85. The van der Waals surface area contributed by atoms with Crippen LogP contribution in [0.2, 0.25) is 0 Å². The quantitative estimate of drug-likeness (QED) is 0.594. The average Bonchev–Trinajstić information content (AvgIpc) is 2.19. The van der Waals surface area contributed by atoms with Crippen molar-refractivity contribution in [3.05, 3.63) is 0 Å². The summed E-state index contributed by atoms with van der Waals surface area (Å²) in [5, 5.41) is 6.94. The molecule has 0 aliphatic carbocycles. The molecule has 0 bridgehead atoms. The zero-order chi connectivity index (χ0) is 14.4. The molecule has 0 spiro atoms. The number of thiol groups is 2. The fraction of sp³-hybridized carbons (Fsp3) is 0.667. The van der Waals surface area contributed by atoms with Crippen LogP contribution in [0.3, 0.4) is 0 Å². The van der Waals surface area contributed by atoms with Crippen LogP contribution >= 0.6 is 25.3 Å². The van der Waals surface area contributed by atoms with E-state index in [9.17, 15) is 9.59 Å². The molecule has 0 aromatic rings. The minimum atomic E-state index is -0.745. The maximum atomic E-state index is 10.4. The standard InChI is InChI=1S/C5H11NOS.C3H6O2.CH3NOS/c1-3-6(4-2)5(7)8;1-2-3(4)5;2-1(3)4/h3-4H2,1-2H3,(H,7,8);2H2,1H3,(H,4,5);(H3,2,3,4). The fourth-order valence-corrected chi connectivity index (χ4v) is 0.777. The Kier molecular flexibility index (Phi) is 19.0. The number of carbonyl (C=O) groups excluding carboxylic acids is 2. The first-order chi connectivity index (χ1) is 7.72. The van der Waals surface area contributed by atoms with Crippen molar-refractivity contribution in [1.82, 2.24) is 4.90 Å². The number of rotatable bonds is 3. The number of aliphatic carboxylic acids is 1. The number of hydrogen-bond acceptors (Lipinski definition) is 3. The van der Waals surface area contributed by atoms with Gasteiger partial charge in [-0.05, 0) is 13.8 Å². The first-order valence-electron chi connectivity index (χ1n) is 4.90. The molecule has 0 fully saturated rings. The SMILES string of the molecule is CCC(=O)O.CCN(CC)C(=O)S.NC(=O)S. The molecule has 0 atom stereocenters. The highest BCUT2D eigenvalue weighted by atomic mass is 32.1. The van der Waals surface area contributed by atoms with Crippen LogP contribution in [0.4, 0.5) is 9.59 Å². The van der Waals surface area contributed by atoms with Crippen molar-refractivity contribution in [3.8, 4) is 0 Å². The fourth-order valence-electron chi connectivity index (χ4n) is 0.494.